The first kappa shape index (κ1) is 19.2. The van der Waals surface area contributed by atoms with Gasteiger partial charge in [-0.2, -0.15) is 0 Å². The first-order chi connectivity index (χ1) is 12.9. The molecule has 0 fully saturated rings. The smallest absolute Gasteiger partial charge is 0.258 e. The molecule has 1 aromatic heterocycles. The highest BCUT2D eigenvalue weighted by Gasteiger charge is 2.37. The number of carbonyl (C=O) groups excluding carboxylic acids is 2. The molecule has 142 valence electrons. The van der Waals surface area contributed by atoms with Crippen LogP contribution < -0.4 is 15.0 Å². The average Bonchev–Trinajstić information content (AvgIpc) is 2.76. The molecule has 7 heteroatoms. The normalized spacial score (nSPS) is 15.6. The maximum atomic E-state index is 12.7. The van der Waals surface area contributed by atoms with Crippen LogP contribution >= 0.6 is 11.8 Å². The van der Waals surface area contributed by atoms with Crippen molar-refractivity contribution in [2.45, 2.75) is 25.8 Å². The molecule has 0 radical (unpaired) electrons. The molecule has 2 amide bonds. The molecule has 2 aromatic rings. The highest BCUT2D eigenvalue weighted by atomic mass is 32.2. The highest BCUT2D eigenvalue weighted by molar-refractivity contribution is 7.98. The zero-order valence-electron chi connectivity index (χ0n) is 15.9. The molecule has 0 saturated heterocycles. The number of fused-ring (bicyclic) bond motifs is 1. The maximum Gasteiger partial charge on any atom is 0.258 e. The van der Waals surface area contributed by atoms with E-state index in [4.69, 9.17) is 4.74 Å². The Morgan fingerprint density at radius 2 is 2.15 bits per heavy atom. The molecule has 1 aromatic carbocycles. The van der Waals surface area contributed by atoms with Crippen LogP contribution in [-0.2, 0) is 4.79 Å². The van der Waals surface area contributed by atoms with Gasteiger partial charge in [0.2, 0.25) is 5.91 Å². The summed E-state index contributed by atoms with van der Waals surface area (Å²) < 4.78 is 5.91. The molecule has 27 heavy (non-hydrogen) atoms. The third-order valence-electron chi connectivity index (χ3n) is 4.45. The van der Waals surface area contributed by atoms with E-state index in [1.165, 1.54) is 11.8 Å². The van der Waals surface area contributed by atoms with Gasteiger partial charge in [0.25, 0.3) is 5.91 Å². The lowest BCUT2D eigenvalue weighted by atomic mass is 9.93. The van der Waals surface area contributed by atoms with Crippen molar-refractivity contribution in [2.75, 3.05) is 29.6 Å². The van der Waals surface area contributed by atoms with Crippen LogP contribution in [0.15, 0.2) is 41.6 Å². The summed E-state index contributed by atoms with van der Waals surface area (Å²) in [4.78, 5) is 31.3. The Labute approximate surface area is 163 Å². The van der Waals surface area contributed by atoms with Crippen molar-refractivity contribution in [3.05, 3.63) is 42.1 Å². The number of pyridine rings is 1. The number of nitrogens with zero attached hydrogens (tertiary/aromatic N) is 2. The number of ether oxygens (including phenoxy) is 1. The van der Waals surface area contributed by atoms with Crippen LogP contribution in [-0.4, -0.2) is 36.2 Å². The Bertz CT molecular complexity index is 883. The van der Waals surface area contributed by atoms with Crippen LogP contribution in [0.2, 0.25) is 0 Å². The van der Waals surface area contributed by atoms with Crippen molar-refractivity contribution in [1.82, 2.24) is 4.98 Å². The van der Waals surface area contributed by atoms with Gasteiger partial charge >= 0.3 is 0 Å². The van der Waals surface area contributed by atoms with Crippen molar-refractivity contribution >= 4 is 35.0 Å². The van der Waals surface area contributed by atoms with Gasteiger partial charge in [0.15, 0.2) is 0 Å². The fourth-order valence-corrected chi connectivity index (χ4v) is 3.51. The van der Waals surface area contributed by atoms with Gasteiger partial charge in [-0.3, -0.25) is 9.59 Å². The van der Waals surface area contributed by atoms with Crippen molar-refractivity contribution in [3.8, 4) is 5.75 Å². The molecule has 0 spiro atoms. The van der Waals surface area contributed by atoms with Crippen LogP contribution in [0.1, 0.15) is 31.1 Å². The molecule has 0 unspecified atom stereocenters. The first-order valence-electron chi connectivity index (χ1n) is 8.76. The summed E-state index contributed by atoms with van der Waals surface area (Å²) in [5.41, 5.74) is 1.24. The summed E-state index contributed by atoms with van der Waals surface area (Å²) in [6.07, 6.45) is 3.55. The summed E-state index contributed by atoms with van der Waals surface area (Å²) in [5, 5.41) is 3.56. The molecule has 0 saturated carbocycles. The number of rotatable bonds is 4. The second-order valence-electron chi connectivity index (χ2n) is 6.92. The van der Waals surface area contributed by atoms with Gasteiger partial charge in [0.1, 0.15) is 17.4 Å². The molecule has 0 atom stereocenters. The average molecular weight is 385 g/mol. The Morgan fingerprint density at radius 1 is 1.37 bits per heavy atom. The molecule has 0 bridgehead atoms. The zero-order chi connectivity index (χ0) is 19.6. The summed E-state index contributed by atoms with van der Waals surface area (Å²) in [7, 11) is 0. The van der Waals surface area contributed by atoms with Crippen LogP contribution in [0.4, 0.5) is 11.4 Å². The third kappa shape index (κ3) is 3.78. The number of thioether (sulfide) groups is 1. The SMILES string of the molecule is CCN1C(=O)C(C)(C)COc2cc(NC(=O)c3cccnc3SC)ccc21. The van der Waals surface area contributed by atoms with Crippen LogP contribution in [0.5, 0.6) is 5.75 Å². The predicted molar refractivity (Wildman–Crippen MR) is 108 cm³/mol. The van der Waals surface area contributed by atoms with E-state index in [2.05, 4.69) is 10.3 Å². The number of amides is 2. The second kappa shape index (κ2) is 7.60. The number of nitrogens with one attached hydrogen (secondary N) is 1. The molecular weight excluding hydrogens is 362 g/mol. The number of carbonyl (C=O) groups is 2. The molecule has 1 aliphatic rings. The number of hydrogen-bond donors (Lipinski definition) is 1. The summed E-state index contributed by atoms with van der Waals surface area (Å²) in [6, 6.07) is 8.84. The largest absolute Gasteiger partial charge is 0.490 e. The fourth-order valence-electron chi connectivity index (χ4n) is 2.96. The number of anilines is 2. The van der Waals surface area contributed by atoms with Crippen LogP contribution in [0.25, 0.3) is 0 Å². The minimum Gasteiger partial charge on any atom is -0.490 e. The van der Waals surface area contributed by atoms with Crippen molar-refractivity contribution in [2.24, 2.45) is 5.41 Å². The van der Waals surface area contributed by atoms with E-state index in [9.17, 15) is 9.59 Å². The number of aromatic nitrogens is 1. The van der Waals surface area contributed by atoms with Crippen molar-refractivity contribution in [1.29, 1.82) is 0 Å². The van der Waals surface area contributed by atoms with Gasteiger partial charge in [-0.15, -0.1) is 11.8 Å². The number of hydrogen-bond acceptors (Lipinski definition) is 5. The van der Waals surface area contributed by atoms with Gasteiger partial charge < -0.3 is 15.0 Å². The second-order valence-corrected chi connectivity index (χ2v) is 7.71. The van der Waals surface area contributed by atoms with Crippen LogP contribution in [0.3, 0.4) is 0 Å². The molecule has 1 aliphatic heterocycles. The lowest BCUT2D eigenvalue weighted by Crippen LogP contribution is -2.42. The quantitative estimate of drug-likeness (QED) is 0.810. The standard InChI is InChI=1S/C20H23N3O3S/c1-5-23-15-9-8-13(11-16(15)26-12-20(2,3)19(23)25)22-17(24)14-7-6-10-21-18(14)27-4/h6-11H,5,12H2,1-4H3,(H,22,24). The van der Waals surface area contributed by atoms with E-state index in [0.29, 0.717) is 28.6 Å². The molecular formula is C20H23N3O3S. The Balaban J connectivity index is 1.89. The maximum absolute atomic E-state index is 12.7. The monoisotopic (exact) mass is 385 g/mol. The minimum absolute atomic E-state index is 0.0282. The molecule has 6 nitrogen and oxygen atoms in total. The predicted octanol–water partition coefficient (Wildman–Crippen LogP) is 3.83. The lowest BCUT2D eigenvalue weighted by molar-refractivity contribution is -0.127. The molecule has 2 heterocycles. The molecule has 1 N–H and O–H groups in total. The van der Waals surface area contributed by atoms with E-state index < -0.39 is 5.41 Å². The van der Waals surface area contributed by atoms with Crippen molar-refractivity contribution in [3.63, 3.8) is 0 Å². The summed E-state index contributed by atoms with van der Waals surface area (Å²) in [6.45, 7) is 6.52. The number of benzene rings is 1. The van der Waals surface area contributed by atoms with Gasteiger partial charge in [0, 0.05) is 24.5 Å². The van der Waals surface area contributed by atoms with E-state index >= 15 is 0 Å². The van der Waals surface area contributed by atoms with E-state index in [1.807, 2.05) is 33.1 Å². The van der Waals surface area contributed by atoms with Gasteiger partial charge in [-0.05, 0) is 51.3 Å². The fraction of sp³-hybridized carbons (Fsp3) is 0.350. The van der Waals surface area contributed by atoms with Crippen LogP contribution in [0, 0.1) is 5.41 Å². The van der Waals surface area contributed by atoms with E-state index in [-0.39, 0.29) is 18.4 Å². The van der Waals surface area contributed by atoms with E-state index in [1.54, 1.807) is 35.4 Å². The third-order valence-corrected chi connectivity index (χ3v) is 5.16. The topological polar surface area (TPSA) is 71.5 Å². The van der Waals surface area contributed by atoms with E-state index in [0.717, 1.165) is 5.69 Å². The van der Waals surface area contributed by atoms with Gasteiger partial charge in [-0.25, -0.2) is 4.98 Å². The zero-order valence-corrected chi connectivity index (χ0v) is 16.7. The van der Waals surface area contributed by atoms with Crippen molar-refractivity contribution < 1.29 is 14.3 Å². The molecule has 0 aliphatic carbocycles. The Hall–Kier alpha value is -2.54. The lowest BCUT2D eigenvalue weighted by Gasteiger charge is -2.26. The molecule has 3 rings (SSSR count). The highest BCUT2D eigenvalue weighted by Crippen LogP contribution is 2.38. The summed E-state index contributed by atoms with van der Waals surface area (Å²) in [5.74, 6) is 0.384. The Kier molecular flexibility index (Phi) is 5.41. The minimum atomic E-state index is -0.610. The van der Waals surface area contributed by atoms with Gasteiger partial charge in [-0.1, -0.05) is 0 Å². The van der Waals surface area contributed by atoms with Gasteiger partial charge in [0.05, 0.1) is 16.7 Å². The first-order valence-corrected chi connectivity index (χ1v) is 9.99. The Morgan fingerprint density at radius 3 is 2.85 bits per heavy atom. The summed E-state index contributed by atoms with van der Waals surface area (Å²) >= 11 is 1.42.